The quantitative estimate of drug-likeness (QED) is 0.501. The Balaban J connectivity index is 0.000000383. The third-order valence-corrected chi connectivity index (χ3v) is 3.87. The molecule has 0 radical (unpaired) electrons. The van der Waals surface area contributed by atoms with E-state index in [2.05, 4.69) is 90.7 Å². The van der Waals surface area contributed by atoms with Gasteiger partial charge in [0.15, 0.2) is 0 Å². The van der Waals surface area contributed by atoms with E-state index in [-0.39, 0.29) is 0 Å². The summed E-state index contributed by atoms with van der Waals surface area (Å²) in [5, 5.41) is 12.4. The second kappa shape index (κ2) is 6.84. The Labute approximate surface area is 140 Å². The van der Waals surface area contributed by atoms with E-state index in [0.717, 1.165) is 0 Å². The van der Waals surface area contributed by atoms with Crippen LogP contribution >= 0.6 is 0 Å². The maximum absolute atomic E-state index is 8.78. The van der Waals surface area contributed by atoms with E-state index in [9.17, 15) is 0 Å². The fourth-order valence-electron chi connectivity index (χ4n) is 2.92. The highest BCUT2D eigenvalue weighted by molar-refractivity contribution is 6.05. The van der Waals surface area contributed by atoms with Gasteiger partial charge in [-0.2, -0.15) is 0 Å². The van der Waals surface area contributed by atoms with Crippen molar-refractivity contribution < 1.29 is 9.90 Å². The molecule has 0 heterocycles. The lowest BCUT2D eigenvalue weighted by Crippen LogP contribution is -2.03. The molecule has 3 nitrogen and oxygen atoms in total. The van der Waals surface area contributed by atoms with Gasteiger partial charge >= 0.3 is 6.09 Å². The summed E-state index contributed by atoms with van der Waals surface area (Å²) in [6, 6.07) is 30.2. The van der Waals surface area contributed by atoms with Crippen molar-refractivity contribution in [3.8, 4) is 11.1 Å². The molecule has 0 saturated heterocycles. The number of amides is 1. The van der Waals surface area contributed by atoms with E-state index in [1.807, 2.05) is 0 Å². The van der Waals surface area contributed by atoms with Gasteiger partial charge in [0.1, 0.15) is 0 Å². The van der Waals surface area contributed by atoms with Crippen LogP contribution in [0.1, 0.15) is 0 Å². The molecule has 0 aliphatic rings. The number of nitrogens with two attached hydrogens (primary N) is 1. The van der Waals surface area contributed by atoms with Crippen molar-refractivity contribution in [3.63, 3.8) is 0 Å². The lowest BCUT2D eigenvalue weighted by Gasteiger charge is -2.10. The van der Waals surface area contributed by atoms with Gasteiger partial charge in [-0.1, -0.05) is 84.9 Å². The van der Waals surface area contributed by atoms with Crippen LogP contribution in [0.4, 0.5) is 4.79 Å². The zero-order valence-electron chi connectivity index (χ0n) is 13.0. The molecule has 4 aromatic carbocycles. The molecule has 3 N–H and O–H groups in total. The maximum atomic E-state index is 8.78. The number of hydrogen-bond acceptors (Lipinski definition) is 1. The van der Waals surface area contributed by atoms with Crippen molar-refractivity contribution in [2.75, 3.05) is 0 Å². The zero-order chi connectivity index (χ0) is 16.9. The van der Waals surface area contributed by atoms with Crippen molar-refractivity contribution in [3.05, 3.63) is 84.9 Å². The van der Waals surface area contributed by atoms with Crippen LogP contribution in [0.3, 0.4) is 0 Å². The molecule has 0 unspecified atom stereocenters. The average Bonchev–Trinajstić information content (AvgIpc) is 2.60. The Kier molecular flexibility index (Phi) is 4.43. The van der Waals surface area contributed by atoms with Crippen LogP contribution < -0.4 is 5.73 Å². The summed E-state index contributed by atoms with van der Waals surface area (Å²) in [5.74, 6) is 0. The normalized spacial score (nSPS) is 10.2. The average molecular weight is 315 g/mol. The van der Waals surface area contributed by atoms with E-state index >= 15 is 0 Å². The number of primary amides is 1. The van der Waals surface area contributed by atoms with Crippen LogP contribution in [0, 0.1) is 0 Å². The number of fused-ring (bicyclic) bond motifs is 2. The number of carboxylic acid groups (broad SMARTS) is 1. The van der Waals surface area contributed by atoms with Crippen LogP contribution in [0.15, 0.2) is 84.9 Å². The zero-order valence-corrected chi connectivity index (χ0v) is 13.0. The molecule has 0 aliphatic carbocycles. The molecule has 118 valence electrons. The molecule has 3 heteroatoms. The summed E-state index contributed by atoms with van der Waals surface area (Å²) >= 11 is 0. The van der Waals surface area contributed by atoms with Crippen LogP contribution in [-0.2, 0) is 0 Å². The predicted molar refractivity (Wildman–Crippen MR) is 99.1 cm³/mol. The van der Waals surface area contributed by atoms with Gasteiger partial charge in [-0.25, -0.2) is 4.79 Å². The largest absolute Gasteiger partial charge is 0.465 e. The van der Waals surface area contributed by atoms with Gasteiger partial charge in [-0.3, -0.25) is 0 Å². The molecule has 0 aliphatic heterocycles. The second-order valence-electron chi connectivity index (χ2n) is 5.39. The first-order chi connectivity index (χ1) is 11.7. The fraction of sp³-hybridized carbons (Fsp3) is 0. The molecule has 0 saturated carbocycles. The molecule has 0 atom stereocenters. The van der Waals surface area contributed by atoms with E-state index in [0.29, 0.717) is 0 Å². The molecule has 24 heavy (non-hydrogen) atoms. The standard InChI is InChI=1S/C20H14.CH3NO2/c1-3-11-17-15(7-1)9-5-13-19(17)20-14-6-10-16-8-2-4-12-18(16)20;2-1(3)4/h1-14H;2H2,(H,3,4). The second-order valence-corrected chi connectivity index (χ2v) is 5.39. The minimum atomic E-state index is -1.33. The highest BCUT2D eigenvalue weighted by Crippen LogP contribution is 2.33. The summed E-state index contributed by atoms with van der Waals surface area (Å²) in [4.78, 5) is 8.78. The van der Waals surface area contributed by atoms with E-state index in [1.165, 1.54) is 32.7 Å². The number of carbonyl (C=O) groups is 1. The lowest BCUT2D eigenvalue weighted by molar-refractivity contribution is 0.205. The number of rotatable bonds is 1. The van der Waals surface area contributed by atoms with Crippen LogP contribution in [0.2, 0.25) is 0 Å². The maximum Gasteiger partial charge on any atom is 0.402 e. The van der Waals surface area contributed by atoms with Crippen molar-refractivity contribution in [1.29, 1.82) is 0 Å². The molecular formula is C21H17NO2. The summed E-state index contributed by atoms with van der Waals surface area (Å²) in [6.07, 6.45) is -1.33. The van der Waals surface area contributed by atoms with E-state index in [4.69, 9.17) is 9.90 Å². The number of hydrogen-bond donors (Lipinski definition) is 2. The monoisotopic (exact) mass is 315 g/mol. The van der Waals surface area contributed by atoms with Crippen molar-refractivity contribution >= 4 is 27.6 Å². The van der Waals surface area contributed by atoms with Crippen molar-refractivity contribution in [1.82, 2.24) is 0 Å². The Hall–Kier alpha value is -3.33. The summed E-state index contributed by atoms with van der Waals surface area (Å²) in [7, 11) is 0. The van der Waals surface area contributed by atoms with Crippen LogP contribution in [-0.4, -0.2) is 11.2 Å². The van der Waals surface area contributed by atoms with Gasteiger partial charge in [0.05, 0.1) is 0 Å². The SMILES string of the molecule is NC(=O)O.c1ccc2c(-c3cccc4ccccc34)cccc2c1. The lowest BCUT2D eigenvalue weighted by atomic mass is 9.94. The summed E-state index contributed by atoms with van der Waals surface area (Å²) in [6.45, 7) is 0. The van der Waals surface area contributed by atoms with Gasteiger partial charge in [0.25, 0.3) is 0 Å². The van der Waals surface area contributed by atoms with Gasteiger partial charge in [-0.15, -0.1) is 0 Å². The van der Waals surface area contributed by atoms with Gasteiger partial charge in [0.2, 0.25) is 0 Å². The highest BCUT2D eigenvalue weighted by Gasteiger charge is 2.06. The van der Waals surface area contributed by atoms with E-state index in [1.54, 1.807) is 0 Å². The first-order valence-electron chi connectivity index (χ1n) is 7.61. The Morgan fingerprint density at radius 2 is 0.958 bits per heavy atom. The molecule has 4 aromatic rings. The van der Waals surface area contributed by atoms with Crippen LogP contribution in [0.5, 0.6) is 0 Å². The number of benzene rings is 4. The predicted octanol–water partition coefficient (Wildman–Crippen LogP) is 5.28. The minimum Gasteiger partial charge on any atom is -0.465 e. The summed E-state index contributed by atoms with van der Waals surface area (Å²) < 4.78 is 0. The van der Waals surface area contributed by atoms with E-state index < -0.39 is 6.09 Å². The third-order valence-electron chi connectivity index (χ3n) is 3.87. The smallest absolute Gasteiger partial charge is 0.402 e. The first-order valence-corrected chi connectivity index (χ1v) is 7.61. The van der Waals surface area contributed by atoms with Crippen LogP contribution in [0.25, 0.3) is 32.7 Å². The highest BCUT2D eigenvalue weighted by atomic mass is 16.4. The van der Waals surface area contributed by atoms with Crippen molar-refractivity contribution in [2.45, 2.75) is 0 Å². The molecule has 0 aromatic heterocycles. The molecule has 0 bridgehead atoms. The van der Waals surface area contributed by atoms with Gasteiger partial charge in [0, 0.05) is 0 Å². The topological polar surface area (TPSA) is 63.3 Å². The van der Waals surface area contributed by atoms with Gasteiger partial charge < -0.3 is 10.8 Å². The Bertz CT molecular complexity index is 917. The first kappa shape index (κ1) is 15.6. The minimum absolute atomic E-state index is 1.29. The molecule has 0 spiro atoms. The third kappa shape index (κ3) is 3.20. The molecule has 1 amide bonds. The van der Waals surface area contributed by atoms with Gasteiger partial charge in [-0.05, 0) is 32.7 Å². The summed E-state index contributed by atoms with van der Waals surface area (Å²) in [5.41, 5.74) is 6.64. The van der Waals surface area contributed by atoms with Crippen molar-refractivity contribution in [2.24, 2.45) is 5.73 Å². The molecule has 4 rings (SSSR count). The Morgan fingerprint density at radius 1 is 0.625 bits per heavy atom. The molecule has 0 fully saturated rings. The Morgan fingerprint density at radius 3 is 1.38 bits per heavy atom. The molecular weight excluding hydrogens is 298 g/mol. The fourth-order valence-corrected chi connectivity index (χ4v) is 2.92.